The van der Waals surface area contributed by atoms with Crippen LogP contribution >= 0.6 is 47.1 Å². The Morgan fingerprint density at radius 2 is 2.08 bits per heavy atom. The van der Waals surface area contributed by atoms with Crippen molar-refractivity contribution in [1.29, 1.82) is 0 Å². The van der Waals surface area contributed by atoms with Crippen molar-refractivity contribution in [3.05, 3.63) is 22.4 Å². The molecule has 2 fully saturated rings. The molecule has 1 unspecified atom stereocenters. The highest BCUT2D eigenvalue weighted by molar-refractivity contribution is 14.0. The Kier molecular flexibility index (Phi) is 8.36. The molecule has 3 rings (SSSR count). The fourth-order valence-corrected chi connectivity index (χ4v) is 5.63. The van der Waals surface area contributed by atoms with Crippen LogP contribution < -0.4 is 5.32 Å². The Labute approximate surface area is 177 Å². The van der Waals surface area contributed by atoms with Gasteiger partial charge in [0.05, 0.1) is 6.04 Å². The van der Waals surface area contributed by atoms with Crippen LogP contribution in [0.1, 0.15) is 37.6 Å². The SMILES string of the molecule is CN=C(NCC(c1cccs1)N1CCCC1)N1CCSC(C)(C)C1.I. The van der Waals surface area contributed by atoms with Gasteiger partial charge in [-0.25, -0.2) is 0 Å². The number of aliphatic imine (C=N–C) groups is 1. The van der Waals surface area contributed by atoms with Gasteiger partial charge in [0.25, 0.3) is 0 Å². The van der Waals surface area contributed by atoms with E-state index in [4.69, 9.17) is 0 Å². The molecule has 0 bridgehead atoms. The van der Waals surface area contributed by atoms with Crippen LogP contribution in [0, 0.1) is 0 Å². The highest BCUT2D eigenvalue weighted by Crippen LogP contribution is 2.30. The smallest absolute Gasteiger partial charge is 0.193 e. The molecule has 1 N–H and O–H groups in total. The summed E-state index contributed by atoms with van der Waals surface area (Å²) in [5, 5.41) is 5.87. The van der Waals surface area contributed by atoms with Gasteiger partial charge in [-0.3, -0.25) is 9.89 Å². The summed E-state index contributed by atoms with van der Waals surface area (Å²) < 4.78 is 0.304. The normalized spacial score (nSPS) is 22.5. The summed E-state index contributed by atoms with van der Waals surface area (Å²) in [6, 6.07) is 4.91. The summed E-state index contributed by atoms with van der Waals surface area (Å²) in [5.74, 6) is 2.23. The molecular weight excluding hydrogens is 463 g/mol. The summed E-state index contributed by atoms with van der Waals surface area (Å²) in [5.41, 5.74) is 0. The molecule has 2 aliphatic heterocycles. The molecule has 2 saturated heterocycles. The highest BCUT2D eigenvalue weighted by atomic mass is 127. The van der Waals surface area contributed by atoms with Crippen LogP contribution in [0.2, 0.25) is 0 Å². The summed E-state index contributed by atoms with van der Waals surface area (Å²) in [7, 11) is 1.91. The van der Waals surface area contributed by atoms with Crippen molar-refractivity contribution in [3.8, 4) is 0 Å². The van der Waals surface area contributed by atoms with Crippen LogP contribution in [-0.4, -0.2) is 66.0 Å². The van der Waals surface area contributed by atoms with Gasteiger partial charge in [-0.1, -0.05) is 6.07 Å². The molecule has 142 valence electrons. The maximum atomic E-state index is 4.56. The number of halogens is 1. The average Bonchev–Trinajstić information content (AvgIpc) is 3.24. The van der Waals surface area contributed by atoms with Crippen LogP contribution in [0.15, 0.2) is 22.5 Å². The van der Waals surface area contributed by atoms with Gasteiger partial charge in [0.15, 0.2) is 5.96 Å². The number of thiophene rings is 1. The Bertz CT molecular complexity index is 541. The molecular formula is C18H31IN4S2. The first kappa shape index (κ1) is 21.3. The molecule has 1 aromatic rings. The molecule has 1 aromatic heterocycles. The molecule has 2 aliphatic rings. The minimum atomic E-state index is 0. The van der Waals surface area contributed by atoms with E-state index in [1.807, 2.05) is 18.4 Å². The molecule has 0 radical (unpaired) electrons. The van der Waals surface area contributed by atoms with Crippen LogP contribution in [0.25, 0.3) is 0 Å². The quantitative estimate of drug-likeness (QED) is 0.391. The zero-order valence-electron chi connectivity index (χ0n) is 15.5. The molecule has 3 heterocycles. The van der Waals surface area contributed by atoms with Crippen molar-refractivity contribution in [2.24, 2.45) is 4.99 Å². The van der Waals surface area contributed by atoms with Gasteiger partial charge >= 0.3 is 0 Å². The Morgan fingerprint density at radius 3 is 2.68 bits per heavy atom. The van der Waals surface area contributed by atoms with Gasteiger partial charge < -0.3 is 10.2 Å². The van der Waals surface area contributed by atoms with Crippen molar-refractivity contribution in [2.75, 3.05) is 45.5 Å². The highest BCUT2D eigenvalue weighted by Gasteiger charge is 2.30. The van der Waals surface area contributed by atoms with E-state index in [2.05, 4.69) is 63.2 Å². The third-order valence-corrected chi connectivity index (χ3v) is 7.11. The van der Waals surface area contributed by atoms with E-state index < -0.39 is 0 Å². The van der Waals surface area contributed by atoms with Gasteiger partial charge in [0, 0.05) is 42.1 Å². The number of hydrogen-bond acceptors (Lipinski definition) is 4. The van der Waals surface area contributed by atoms with Crippen LogP contribution in [-0.2, 0) is 0 Å². The Morgan fingerprint density at radius 1 is 1.32 bits per heavy atom. The van der Waals surface area contributed by atoms with Crippen LogP contribution in [0.3, 0.4) is 0 Å². The lowest BCUT2D eigenvalue weighted by molar-refractivity contribution is 0.246. The number of thioether (sulfide) groups is 1. The molecule has 0 spiro atoms. The van der Waals surface area contributed by atoms with E-state index in [0.29, 0.717) is 10.8 Å². The topological polar surface area (TPSA) is 30.9 Å². The summed E-state index contributed by atoms with van der Waals surface area (Å²) in [4.78, 5) is 11.1. The first-order valence-corrected chi connectivity index (χ1v) is 10.8. The van der Waals surface area contributed by atoms with Crippen molar-refractivity contribution in [2.45, 2.75) is 37.5 Å². The lowest BCUT2D eigenvalue weighted by Gasteiger charge is -2.39. The number of hydrogen-bond donors (Lipinski definition) is 1. The largest absolute Gasteiger partial charge is 0.354 e. The van der Waals surface area contributed by atoms with Gasteiger partial charge in [0.2, 0.25) is 0 Å². The number of guanidine groups is 1. The van der Waals surface area contributed by atoms with Crippen molar-refractivity contribution < 1.29 is 0 Å². The van der Waals surface area contributed by atoms with Gasteiger partial charge in [0.1, 0.15) is 0 Å². The molecule has 4 nitrogen and oxygen atoms in total. The zero-order valence-corrected chi connectivity index (χ0v) is 19.5. The molecule has 0 aliphatic carbocycles. The first-order chi connectivity index (χ1) is 11.6. The molecule has 1 atom stereocenters. The van der Waals surface area contributed by atoms with Crippen LogP contribution in [0.4, 0.5) is 0 Å². The minimum absolute atomic E-state index is 0. The third kappa shape index (κ3) is 5.74. The maximum absolute atomic E-state index is 4.56. The number of likely N-dealkylation sites (tertiary alicyclic amines) is 1. The fraction of sp³-hybridized carbons (Fsp3) is 0.722. The molecule has 0 amide bonds. The first-order valence-electron chi connectivity index (χ1n) is 8.96. The number of nitrogens with zero attached hydrogens (tertiary/aromatic N) is 3. The van der Waals surface area contributed by atoms with E-state index in [1.165, 1.54) is 36.6 Å². The van der Waals surface area contributed by atoms with Crippen molar-refractivity contribution in [3.63, 3.8) is 0 Å². The van der Waals surface area contributed by atoms with E-state index in [-0.39, 0.29) is 24.0 Å². The Hall–Kier alpha value is 0.01000. The van der Waals surface area contributed by atoms with Crippen LogP contribution in [0.5, 0.6) is 0 Å². The minimum Gasteiger partial charge on any atom is -0.354 e. The molecule has 25 heavy (non-hydrogen) atoms. The molecule has 7 heteroatoms. The molecule has 0 aromatic carbocycles. The predicted molar refractivity (Wildman–Crippen MR) is 123 cm³/mol. The average molecular weight is 495 g/mol. The van der Waals surface area contributed by atoms with Gasteiger partial charge in [-0.05, 0) is 51.2 Å². The monoisotopic (exact) mass is 494 g/mol. The number of rotatable bonds is 4. The van der Waals surface area contributed by atoms with E-state index in [9.17, 15) is 0 Å². The standard InChI is InChI=1S/C18H30N4S2.HI/c1-18(2)14-22(10-12-24-18)17(19-3)20-13-15(16-7-6-11-23-16)21-8-4-5-9-21;/h6-7,11,15H,4-5,8-10,12-14H2,1-3H3,(H,19,20);1H. The molecule has 0 saturated carbocycles. The lowest BCUT2D eigenvalue weighted by Crippen LogP contribution is -2.52. The predicted octanol–water partition coefficient (Wildman–Crippen LogP) is 3.91. The third-order valence-electron chi connectivity index (χ3n) is 4.84. The maximum Gasteiger partial charge on any atom is 0.193 e. The van der Waals surface area contributed by atoms with Gasteiger partial charge in [-0.2, -0.15) is 11.8 Å². The fourth-order valence-electron chi connectivity index (χ4n) is 3.66. The van der Waals surface area contributed by atoms with Crippen molar-refractivity contribution >= 4 is 53.0 Å². The van der Waals surface area contributed by atoms with Crippen molar-refractivity contribution in [1.82, 2.24) is 15.1 Å². The second-order valence-corrected chi connectivity index (χ2v) is 10.0. The summed E-state index contributed by atoms with van der Waals surface area (Å²) in [6.07, 6.45) is 2.66. The second-order valence-electron chi connectivity index (χ2n) is 7.23. The van der Waals surface area contributed by atoms with E-state index in [0.717, 1.165) is 25.6 Å². The summed E-state index contributed by atoms with van der Waals surface area (Å²) in [6.45, 7) is 10.2. The van der Waals surface area contributed by atoms with E-state index in [1.54, 1.807) is 0 Å². The van der Waals surface area contributed by atoms with E-state index >= 15 is 0 Å². The summed E-state index contributed by atoms with van der Waals surface area (Å²) >= 11 is 3.94. The Balaban J connectivity index is 0.00000225. The van der Waals surface area contributed by atoms with Gasteiger partial charge in [-0.15, -0.1) is 35.3 Å². The zero-order chi connectivity index (χ0) is 17.0. The number of nitrogens with one attached hydrogen (secondary N) is 1. The lowest BCUT2D eigenvalue weighted by atomic mass is 10.2. The second kappa shape index (κ2) is 9.80.